The number of halogens is 1. The fraction of sp³-hybridized carbons (Fsp3) is 0.375. The van der Waals surface area contributed by atoms with Gasteiger partial charge in [0.1, 0.15) is 0 Å². The van der Waals surface area contributed by atoms with Crippen LogP contribution < -0.4 is 5.56 Å². The summed E-state index contributed by atoms with van der Waals surface area (Å²) in [5, 5.41) is 0. The predicted molar refractivity (Wildman–Crippen MR) is 49.1 cm³/mol. The van der Waals surface area contributed by atoms with Gasteiger partial charge in [-0.15, -0.1) is 0 Å². The van der Waals surface area contributed by atoms with Gasteiger partial charge in [-0.3, -0.25) is 4.79 Å². The van der Waals surface area contributed by atoms with Crippen LogP contribution in [0.4, 0.5) is 0 Å². The van der Waals surface area contributed by atoms with Crippen molar-refractivity contribution in [1.29, 1.82) is 0 Å². The molecule has 11 heavy (non-hydrogen) atoms. The summed E-state index contributed by atoms with van der Waals surface area (Å²) in [5.74, 6) is 0.458. The molecular formula is C8H10BrNO. The van der Waals surface area contributed by atoms with E-state index in [0.717, 1.165) is 5.56 Å². The number of aromatic nitrogens is 1. The molecule has 60 valence electrons. The zero-order valence-electron chi connectivity index (χ0n) is 6.54. The molecule has 2 nitrogen and oxygen atoms in total. The smallest absolute Gasteiger partial charge is 0.260 e. The summed E-state index contributed by atoms with van der Waals surface area (Å²) in [6.45, 7) is 4.18. The van der Waals surface area contributed by atoms with E-state index in [1.807, 2.05) is 6.07 Å². The van der Waals surface area contributed by atoms with Crippen molar-refractivity contribution in [2.75, 3.05) is 0 Å². The van der Waals surface area contributed by atoms with E-state index < -0.39 is 0 Å². The highest BCUT2D eigenvalue weighted by atomic mass is 79.9. The highest BCUT2D eigenvalue weighted by molar-refractivity contribution is 9.08. The lowest BCUT2D eigenvalue weighted by Crippen LogP contribution is -2.10. The Morgan fingerprint density at radius 2 is 2.09 bits per heavy atom. The normalized spacial score (nSPS) is 10.5. The largest absolute Gasteiger partial charge is 0.268 e. The molecule has 0 bridgehead atoms. The number of pyridine rings is 1. The molecule has 0 aliphatic rings. The van der Waals surface area contributed by atoms with Gasteiger partial charge in [0.15, 0.2) is 0 Å². The topological polar surface area (TPSA) is 22.0 Å². The standard InChI is InChI=1S/C8H10BrNO/c1-6(2)7-3-4-8(11)10(9)5-7/h3-6H,1-2H3. The van der Waals surface area contributed by atoms with Gasteiger partial charge in [0.2, 0.25) is 0 Å². The van der Waals surface area contributed by atoms with Gasteiger partial charge >= 0.3 is 0 Å². The lowest BCUT2D eigenvalue weighted by Gasteiger charge is -2.04. The van der Waals surface area contributed by atoms with Gasteiger partial charge in [-0.1, -0.05) is 19.9 Å². The van der Waals surface area contributed by atoms with Gasteiger partial charge in [0, 0.05) is 12.3 Å². The van der Waals surface area contributed by atoms with E-state index in [1.54, 1.807) is 12.3 Å². The van der Waals surface area contributed by atoms with Crippen molar-refractivity contribution in [3.8, 4) is 0 Å². The average Bonchev–Trinajstić information content (AvgIpc) is 1.94. The minimum absolute atomic E-state index is 0.0330. The molecule has 0 spiro atoms. The first-order chi connectivity index (χ1) is 5.11. The third-order valence-electron chi connectivity index (χ3n) is 1.56. The first-order valence-corrected chi connectivity index (χ1v) is 4.21. The quantitative estimate of drug-likeness (QED) is 0.704. The van der Waals surface area contributed by atoms with Crippen LogP contribution in [0.25, 0.3) is 0 Å². The van der Waals surface area contributed by atoms with Crippen molar-refractivity contribution < 1.29 is 0 Å². The summed E-state index contributed by atoms with van der Waals surface area (Å²) < 4.78 is 1.42. The van der Waals surface area contributed by atoms with E-state index >= 15 is 0 Å². The summed E-state index contributed by atoms with van der Waals surface area (Å²) in [7, 11) is 0. The third kappa shape index (κ3) is 1.93. The van der Waals surface area contributed by atoms with Crippen LogP contribution in [-0.2, 0) is 0 Å². The van der Waals surface area contributed by atoms with Crippen LogP contribution in [-0.4, -0.2) is 3.59 Å². The van der Waals surface area contributed by atoms with Crippen LogP contribution in [0.1, 0.15) is 25.3 Å². The van der Waals surface area contributed by atoms with Crippen LogP contribution in [0.3, 0.4) is 0 Å². The van der Waals surface area contributed by atoms with E-state index in [9.17, 15) is 4.79 Å². The van der Waals surface area contributed by atoms with Crippen molar-refractivity contribution in [2.45, 2.75) is 19.8 Å². The van der Waals surface area contributed by atoms with Gasteiger partial charge in [-0.05, 0) is 11.5 Å². The minimum atomic E-state index is -0.0330. The van der Waals surface area contributed by atoms with Gasteiger partial charge in [0.25, 0.3) is 5.56 Å². The molecule has 1 aromatic heterocycles. The molecule has 0 aliphatic carbocycles. The molecule has 0 aliphatic heterocycles. The van der Waals surface area contributed by atoms with Gasteiger partial charge in [0.05, 0.1) is 16.1 Å². The Morgan fingerprint density at radius 1 is 1.45 bits per heavy atom. The number of rotatable bonds is 1. The summed E-state index contributed by atoms with van der Waals surface area (Å²) in [4.78, 5) is 10.9. The average molecular weight is 216 g/mol. The van der Waals surface area contributed by atoms with Gasteiger partial charge < -0.3 is 0 Å². The summed E-state index contributed by atoms with van der Waals surface area (Å²) in [6, 6.07) is 3.41. The van der Waals surface area contributed by atoms with E-state index in [0.29, 0.717) is 5.92 Å². The van der Waals surface area contributed by atoms with Crippen LogP contribution in [0, 0.1) is 0 Å². The highest BCUT2D eigenvalue weighted by Crippen LogP contribution is 2.11. The molecule has 0 aromatic carbocycles. The Bertz CT molecular complexity index is 303. The second kappa shape index (κ2) is 3.22. The van der Waals surface area contributed by atoms with Crippen molar-refractivity contribution >= 4 is 16.1 Å². The lowest BCUT2D eigenvalue weighted by atomic mass is 10.1. The number of hydrogen-bond acceptors (Lipinski definition) is 1. The molecule has 0 saturated carbocycles. The molecule has 1 heterocycles. The maximum absolute atomic E-state index is 10.9. The van der Waals surface area contributed by atoms with E-state index in [1.165, 1.54) is 3.59 Å². The van der Waals surface area contributed by atoms with Crippen LogP contribution in [0.5, 0.6) is 0 Å². The van der Waals surface area contributed by atoms with Crippen LogP contribution in [0.2, 0.25) is 0 Å². The third-order valence-corrected chi connectivity index (χ3v) is 2.11. The summed E-state index contributed by atoms with van der Waals surface area (Å²) in [5.41, 5.74) is 1.12. The minimum Gasteiger partial charge on any atom is -0.268 e. The SMILES string of the molecule is CC(C)c1ccc(=O)n(Br)c1. The molecule has 1 rings (SSSR count). The maximum atomic E-state index is 10.9. The van der Waals surface area contributed by atoms with Crippen molar-refractivity contribution in [1.82, 2.24) is 3.59 Å². The van der Waals surface area contributed by atoms with Gasteiger partial charge in [-0.2, -0.15) is 0 Å². The fourth-order valence-electron chi connectivity index (χ4n) is 0.818. The Balaban J connectivity index is 3.15. The monoisotopic (exact) mass is 215 g/mol. The molecular weight excluding hydrogens is 206 g/mol. The number of nitrogens with zero attached hydrogens (tertiary/aromatic N) is 1. The molecule has 0 amide bonds. The molecule has 3 heteroatoms. The van der Waals surface area contributed by atoms with Crippen molar-refractivity contribution in [3.63, 3.8) is 0 Å². The van der Waals surface area contributed by atoms with E-state index in [2.05, 4.69) is 30.0 Å². The first-order valence-electron chi connectivity index (χ1n) is 3.50. The molecule has 0 radical (unpaired) electrons. The Morgan fingerprint density at radius 3 is 2.55 bits per heavy atom. The highest BCUT2D eigenvalue weighted by Gasteiger charge is 1.99. The summed E-state index contributed by atoms with van der Waals surface area (Å²) in [6.07, 6.45) is 1.80. The molecule has 0 saturated heterocycles. The number of hydrogen-bond donors (Lipinski definition) is 0. The van der Waals surface area contributed by atoms with Crippen LogP contribution in [0.15, 0.2) is 23.1 Å². The Kier molecular flexibility index (Phi) is 2.49. The van der Waals surface area contributed by atoms with E-state index in [4.69, 9.17) is 0 Å². The fourth-order valence-corrected chi connectivity index (χ4v) is 1.17. The van der Waals surface area contributed by atoms with Gasteiger partial charge in [-0.25, -0.2) is 3.59 Å². The zero-order chi connectivity index (χ0) is 8.43. The molecule has 1 aromatic rings. The lowest BCUT2D eigenvalue weighted by molar-refractivity contribution is 0.852. The molecule has 0 fully saturated rings. The van der Waals surface area contributed by atoms with Crippen molar-refractivity contribution in [2.24, 2.45) is 0 Å². The second-order valence-corrected chi connectivity index (χ2v) is 3.53. The molecule has 0 unspecified atom stereocenters. The summed E-state index contributed by atoms with van der Waals surface area (Å²) >= 11 is 3.12. The molecule has 0 N–H and O–H groups in total. The molecule has 0 atom stereocenters. The maximum Gasteiger partial charge on any atom is 0.260 e. The predicted octanol–water partition coefficient (Wildman–Crippen LogP) is 2.13. The van der Waals surface area contributed by atoms with E-state index in [-0.39, 0.29) is 5.56 Å². The Hall–Kier alpha value is -0.570. The van der Waals surface area contributed by atoms with Crippen LogP contribution >= 0.6 is 16.1 Å². The second-order valence-electron chi connectivity index (χ2n) is 2.77. The Labute approximate surface area is 74.2 Å². The van der Waals surface area contributed by atoms with Crippen molar-refractivity contribution in [3.05, 3.63) is 34.2 Å². The zero-order valence-corrected chi connectivity index (χ0v) is 8.13. The first kappa shape index (κ1) is 8.53.